The molecule has 2 nitrogen and oxygen atoms in total. The van der Waals surface area contributed by atoms with E-state index in [1.165, 1.54) is 38.5 Å². The molecule has 1 heterocycles. The number of hydrogen-bond acceptors (Lipinski definition) is 2. The maximum atomic E-state index is 5.96. The highest BCUT2D eigenvalue weighted by atomic mass is 16.6. The van der Waals surface area contributed by atoms with E-state index in [0.29, 0.717) is 18.1 Å². The summed E-state index contributed by atoms with van der Waals surface area (Å²) in [6, 6.07) is 0. The van der Waals surface area contributed by atoms with Gasteiger partial charge in [0.1, 0.15) is 0 Å². The molecule has 2 fully saturated rings. The molecule has 0 aromatic rings. The minimum atomic E-state index is 0.517. The molecule has 2 rings (SSSR count). The van der Waals surface area contributed by atoms with Crippen LogP contribution in [0.2, 0.25) is 0 Å². The van der Waals surface area contributed by atoms with Crippen molar-refractivity contribution in [3.63, 3.8) is 0 Å². The average Bonchev–Trinajstić information content (AvgIpc) is 3.05. The highest BCUT2D eigenvalue weighted by molar-refractivity contribution is 4.78. The lowest BCUT2D eigenvalue weighted by Gasteiger charge is -2.24. The van der Waals surface area contributed by atoms with Gasteiger partial charge >= 0.3 is 0 Å². The monoisotopic (exact) mass is 198 g/mol. The van der Waals surface area contributed by atoms with Gasteiger partial charge < -0.3 is 9.47 Å². The van der Waals surface area contributed by atoms with Gasteiger partial charge in [-0.3, -0.25) is 0 Å². The van der Waals surface area contributed by atoms with Crippen molar-refractivity contribution in [1.82, 2.24) is 0 Å². The van der Waals surface area contributed by atoms with Crippen molar-refractivity contribution in [3.05, 3.63) is 0 Å². The van der Waals surface area contributed by atoms with E-state index in [1.807, 2.05) is 0 Å². The van der Waals surface area contributed by atoms with E-state index in [9.17, 15) is 0 Å². The molecule has 2 unspecified atom stereocenters. The van der Waals surface area contributed by atoms with Gasteiger partial charge in [-0.1, -0.05) is 26.2 Å². The highest BCUT2D eigenvalue weighted by Gasteiger charge is 2.32. The Morgan fingerprint density at radius 3 is 2.57 bits per heavy atom. The second-order valence-electron chi connectivity index (χ2n) is 4.63. The molecule has 0 N–H and O–H groups in total. The normalized spacial score (nSPS) is 30.2. The van der Waals surface area contributed by atoms with Gasteiger partial charge in [0.05, 0.1) is 25.4 Å². The summed E-state index contributed by atoms with van der Waals surface area (Å²) in [6.45, 7) is 4.12. The fourth-order valence-electron chi connectivity index (χ4n) is 2.31. The molecule has 1 aliphatic carbocycles. The van der Waals surface area contributed by atoms with Crippen LogP contribution in [0.25, 0.3) is 0 Å². The smallest absolute Gasteiger partial charge is 0.0859 e. The van der Waals surface area contributed by atoms with Crippen molar-refractivity contribution < 1.29 is 9.47 Å². The Hall–Kier alpha value is -0.0800. The molecule has 2 aliphatic rings. The van der Waals surface area contributed by atoms with Crippen molar-refractivity contribution in [1.29, 1.82) is 0 Å². The number of rotatable bonds is 5. The second-order valence-corrected chi connectivity index (χ2v) is 4.63. The minimum Gasteiger partial charge on any atom is -0.378 e. The standard InChI is InChI=1S/C12H22O2/c1-2-10(12-9-14-12)8-13-11-6-4-3-5-7-11/h10-12H,2-9H2,1H3. The van der Waals surface area contributed by atoms with E-state index in [4.69, 9.17) is 9.47 Å². The van der Waals surface area contributed by atoms with Crippen molar-refractivity contribution in [2.24, 2.45) is 5.92 Å². The third-order valence-corrected chi connectivity index (χ3v) is 3.51. The van der Waals surface area contributed by atoms with E-state index < -0.39 is 0 Å². The molecule has 1 saturated carbocycles. The molecule has 1 aliphatic heterocycles. The van der Waals surface area contributed by atoms with Gasteiger partial charge in [0, 0.05) is 5.92 Å². The van der Waals surface area contributed by atoms with Gasteiger partial charge in [0.25, 0.3) is 0 Å². The van der Waals surface area contributed by atoms with Crippen LogP contribution in [0.5, 0.6) is 0 Å². The van der Waals surface area contributed by atoms with Crippen LogP contribution >= 0.6 is 0 Å². The first-order valence-corrected chi connectivity index (χ1v) is 6.13. The summed E-state index contributed by atoms with van der Waals surface area (Å²) >= 11 is 0. The van der Waals surface area contributed by atoms with Crippen LogP contribution in [0.15, 0.2) is 0 Å². The Morgan fingerprint density at radius 1 is 1.29 bits per heavy atom. The van der Waals surface area contributed by atoms with Gasteiger partial charge in [-0.15, -0.1) is 0 Å². The Morgan fingerprint density at radius 2 is 2.00 bits per heavy atom. The highest BCUT2D eigenvalue weighted by Crippen LogP contribution is 2.26. The van der Waals surface area contributed by atoms with Crippen molar-refractivity contribution in [3.8, 4) is 0 Å². The quantitative estimate of drug-likeness (QED) is 0.634. The van der Waals surface area contributed by atoms with E-state index in [2.05, 4.69) is 6.92 Å². The van der Waals surface area contributed by atoms with Crippen molar-refractivity contribution in [2.45, 2.75) is 57.7 Å². The summed E-state index contributed by atoms with van der Waals surface area (Å²) in [4.78, 5) is 0. The van der Waals surface area contributed by atoms with Crippen LogP contribution in [-0.2, 0) is 9.47 Å². The summed E-state index contributed by atoms with van der Waals surface area (Å²) < 4.78 is 11.3. The Kier molecular flexibility index (Phi) is 3.82. The van der Waals surface area contributed by atoms with Gasteiger partial charge in [-0.2, -0.15) is 0 Å². The molecule has 14 heavy (non-hydrogen) atoms. The summed E-state index contributed by atoms with van der Waals surface area (Å²) in [5.41, 5.74) is 0. The topological polar surface area (TPSA) is 21.8 Å². The Labute approximate surface area is 87.0 Å². The van der Waals surface area contributed by atoms with Crippen LogP contribution in [0.4, 0.5) is 0 Å². The molecule has 82 valence electrons. The largest absolute Gasteiger partial charge is 0.378 e. The third kappa shape index (κ3) is 2.96. The van der Waals surface area contributed by atoms with E-state index in [1.54, 1.807) is 0 Å². The maximum absolute atomic E-state index is 5.96. The van der Waals surface area contributed by atoms with Crippen LogP contribution in [0.3, 0.4) is 0 Å². The number of ether oxygens (including phenoxy) is 2. The van der Waals surface area contributed by atoms with Gasteiger partial charge in [0.15, 0.2) is 0 Å². The van der Waals surface area contributed by atoms with Gasteiger partial charge in [0.2, 0.25) is 0 Å². The maximum Gasteiger partial charge on any atom is 0.0859 e. The first-order valence-electron chi connectivity index (χ1n) is 6.13. The zero-order valence-corrected chi connectivity index (χ0v) is 9.21. The van der Waals surface area contributed by atoms with E-state index in [-0.39, 0.29) is 0 Å². The SMILES string of the molecule is CCC(COC1CCCCC1)C1CO1. The molecule has 2 atom stereocenters. The molecule has 0 amide bonds. The molecule has 0 bridgehead atoms. The molecular formula is C12H22O2. The fraction of sp³-hybridized carbons (Fsp3) is 1.00. The summed E-state index contributed by atoms with van der Waals surface area (Å²) in [5, 5.41) is 0. The molecule has 0 radical (unpaired) electrons. The Bertz CT molecular complexity index is 160. The molecule has 0 aromatic carbocycles. The molecule has 2 heteroatoms. The Balaban J connectivity index is 1.63. The first kappa shape index (κ1) is 10.4. The number of hydrogen-bond donors (Lipinski definition) is 0. The van der Waals surface area contributed by atoms with Crippen LogP contribution in [-0.4, -0.2) is 25.4 Å². The lowest BCUT2D eigenvalue weighted by atomic mass is 9.97. The van der Waals surface area contributed by atoms with Gasteiger partial charge in [-0.05, 0) is 19.3 Å². The van der Waals surface area contributed by atoms with Gasteiger partial charge in [-0.25, -0.2) is 0 Å². The third-order valence-electron chi connectivity index (χ3n) is 3.51. The second kappa shape index (κ2) is 5.13. The fourth-order valence-corrected chi connectivity index (χ4v) is 2.31. The van der Waals surface area contributed by atoms with Crippen molar-refractivity contribution in [2.75, 3.05) is 13.2 Å². The number of epoxide rings is 1. The van der Waals surface area contributed by atoms with E-state index >= 15 is 0 Å². The van der Waals surface area contributed by atoms with Crippen LogP contribution in [0, 0.1) is 5.92 Å². The molecule has 0 spiro atoms. The zero-order valence-electron chi connectivity index (χ0n) is 9.21. The van der Waals surface area contributed by atoms with Crippen molar-refractivity contribution >= 4 is 0 Å². The minimum absolute atomic E-state index is 0.517. The predicted octanol–water partition coefficient (Wildman–Crippen LogP) is 2.76. The lowest BCUT2D eigenvalue weighted by molar-refractivity contribution is 0.00211. The molecular weight excluding hydrogens is 176 g/mol. The first-order chi connectivity index (χ1) is 6.90. The predicted molar refractivity (Wildman–Crippen MR) is 56.3 cm³/mol. The summed E-state index contributed by atoms with van der Waals surface area (Å²) in [6.07, 6.45) is 8.95. The average molecular weight is 198 g/mol. The van der Waals surface area contributed by atoms with E-state index in [0.717, 1.165) is 13.2 Å². The van der Waals surface area contributed by atoms with Crippen LogP contribution < -0.4 is 0 Å². The molecule has 1 saturated heterocycles. The lowest BCUT2D eigenvalue weighted by Crippen LogP contribution is -2.23. The molecule has 0 aromatic heterocycles. The summed E-state index contributed by atoms with van der Waals surface area (Å²) in [5.74, 6) is 0.650. The van der Waals surface area contributed by atoms with Crippen LogP contribution in [0.1, 0.15) is 45.4 Å². The zero-order chi connectivity index (χ0) is 9.80. The summed E-state index contributed by atoms with van der Waals surface area (Å²) in [7, 11) is 0.